The molecule has 1 aliphatic heterocycles. The van der Waals surface area contributed by atoms with Gasteiger partial charge in [-0.25, -0.2) is 15.0 Å². The van der Waals surface area contributed by atoms with Gasteiger partial charge in [0.15, 0.2) is 0 Å². The smallest absolute Gasteiger partial charge is 0.268 e. The topological polar surface area (TPSA) is 109 Å². The van der Waals surface area contributed by atoms with Gasteiger partial charge >= 0.3 is 0 Å². The summed E-state index contributed by atoms with van der Waals surface area (Å²) in [7, 11) is 2.11. The van der Waals surface area contributed by atoms with Crippen molar-refractivity contribution in [2.75, 3.05) is 45.3 Å². The third-order valence-electron chi connectivity index (χ3n) is 5.67. The second kappa shape index (κ2) is 10.3. The largest absolute Gasteiger partial charge is 0.394 e. The first kappa shape index (κ1) is 23.2. The molecule has 0 bridgehead atoms. The fourth-order valence-electron chi connectivity index (χ4n) is 3.70. The number of rotatable bonds is 7. The summed E-state index contributed by atoms with van der Waals surface area (Å²) in [6, 6.07) is 8.24. The Bertz CT molecular complexity index is 1110. The number of nitrogens with one attached hydrogen (secondary N) is 3. The Morgan fingerprint density at radius 2 is 2.06 bits per heavy atom. The van der Waals surface area contributed by atoms with Gasteiger partial charge in [-0.3, -0.25) is 10.2 Å². The summed E-state index contributed by atoms with van der Waals surface area (Å²) in [6.45, 7) is 5.42. The van der Waals surface area contributed by atoms with Gasteiger partial charge in [-0.15, -0.1) is 0 Å². The van der Waals surface area contributed by atoms with E-state index in [4.69, 9.17) is 11.6 Å². The van der Waals surface area contributed by atoms with Crippen molar-refractivity contribution in [3.05, 3.63) is 64.6 Å². The quantitative estimate of drug-likeness (QED) is 0.421. The Kier molecular flexibility index (Phi) is 7.24. The van der Waals surface area contributed by atoms with Gasteiger partial charge in [0.05, 0.1) is 18.3 Å². The highest BCUT2D eigenvalue weighted by Crippen LogP contribution is 2.24. The average molecular weight is 470 g/mol. The van der Waals surface area contributed by atoms with Crippen LogP contribution in [0.2, 0.25) is 5.02 Å². The Labute approximate surface area is 197 Å². The monoisotopic (exact) mass is 469 g/mol. The van der Waals surface area contributed by atoms with E-state index in [1.165, 1.54) is 0 Å². The first-order chi connectivity index (χ1) is 15.9. The number of H-pyrrole nitrogens is 1. The van der Waals surface area contributed by atoms with Crippen LogP contribution in [0.1, 0.15) is 27.7 Å². The molecule has 0 aliphatic carbocycles. The number of hydrazine groups is 1. The summed E-state index contributed by atoms with van der Waals surface area (Å²) in [4.78, 5) is 27.2. The number of carbonyl (C=O) groups is 1. The summed E-state index contributed by atoms with van der Waals surface area (Å²) in [5.74, 6) is 0.191. The highest BCUT2D eigenvalue weighted by molar-refractivity contribution is 6.30. The van der Waals surface area contributed by atoms with E-state index in [2.05, 4.69) is 42.7 Å². The number of benzene rings is 1. The van der Waals surface area contributed by atoms with E-state index in [1.54, 1.807) is 36.7 Å². The number of hydrogen-bond donors (Lipinski definition) is 4. The third-order valence-corrected chi connectivity index (χ3v) is 5.91. The predicted molar refractivity (Wildman–Crippen MR) is 128 cm³/mol. The van der Waals surface area contributed by atoms with E-state index >= 15 is 0 Å². The van der Waals surface area contributed by atoms with Gasteiger partial charge < -0.3 is 20.3 Å². The van der Waals surface area contributed by atoms with E-state index in [0.717, 1.165) is 48.6 Å². The summed E-state index contributed by atoms with van der Waals surface area (Å²) < 4.78 is 0. The maximum absolute atomic E-state index is 12.8. The molecule has 1 aliphatic rings. The summed E-state index contributed by atoms with van der Waals surface area (Å²) in [5, 5.41) is 15.3. The number of aromatic amines is 1. The lowest BCUT2D eigenvalue weighted by Crippen LogP contribution is -2.47. The molecule has 3 aromatic rings. The van der Waals surface area contributed by atoms with Crippen LogP contribution >= 0.6 is 11.6 Å². The number of aromatic nitrogens is 3. The first-order valence-electron chi connectivity index (χ1n) is 10.8. The molecule has 0 radical (unpaired) electrons. The lowest BCUT2D eigenvalue weighted by atomic mass is 10.1. The number of nitrogens with zero attached hydrogens (tertiary/aromatic N) is 4. The lowest BCUT2D eigenvalue weighted by Gasteiger charge is -2.32. The van der Waals surface area contributed by atoms with Crippen LogP contribution in [0.15, 0.2) is 42.7 Å². The van der Waals surface area contributed by atoms with Crippen molar-refractivity contribution in [2.45, 2.75) is 13.0 Å². The Balaban J connectivity index is 1.47. The van der Waals surface area contributed by atoms with Crippen LogP contribution in [-0.2, 0) is 0 Å². The summed E-state index contributed by atoms with van der Waals surface area (Å²) >= 11 is 6.04. The molecule has 174 valence electrons. The second-order valence-corrected chi connectivity index (χ2v) is 8.63. The molecule has 1 aromatic carbocycles. The zero-order valence-electron chi connectivity index (χ0n) is 18.7. The van der Waals surface area contributed by atoms with E-state index < -0.39 is 6.04 Å². The molecule has 1 atom stereocenters. The van der Waals surface area contributed by atoms with Crippen LogP contribution in [0.5, 0.6) is 0 Å². The highest BCUT2D eigenvalue weighted by atomic mass is 35.5. The van der Waals surface area contributed by atoms with Gasteiger partial charge in [-0.2, -0.15) is 0 Å². The van der Waals surface area contributed by atoms with Crippen LogP contribution in [0.25, 0.3) is 11.3 Å². The van der Waals surface area contributed by atoms with Gasteiger partial charge in [0.1, 0.15) is 5.69 Å². The van der Waals surface area contributed by atoms with Gasteiger partial charge in [-0.05, 0) is 43.3 Å². The molecule has 1 amide bonds. The fourth-order valence-corrected chi connectivity index (χ4v) is 3.90. The van der Waals surface area contributed by atoms with Crippen LogP contribution in [0.3, 0.4) is 0 Å². The average Bonchev–Trinajstić information content (AvgIpc) is 3.30. The van der Waals surface area contributed by atoms with Crippen LogP contribution in [-0.4, -0.2) is 75.7 Å². The maximum Gasteiger partial charge on any atom is 0.268 e. The van der Waals surface area contributed by atoms with Crippen molar-refractivity contribution in [2.24, 2.45) is 0 Å². The molecular formula is C23H28ClN7O2. The molecule has 33 heavy (non-hydrogen) atoms. The standard InChI is InChI=1S/C23H28ClN7O2/c1-15-12-26-23(29-31-8-6-30(2)7-9-31)28-21(15)17-11-19(25-13-17)22(33)27-20(14-32)16-4-3-5-18(24)10-16/h3-5,10-13,20,25,32H,6-9,14H2,1-2H3,(H,27,33)(H,26,28,29)/t20-/m1/s1. The molecule has 4 N–H and O–H groups in total. The van der Waals surface area contributed by atoms with Gasteiger partial charge in [0.25, 0.3) is 5.91 Å². The van der Waals surface area contributed by atoms with Gasteiger partial charge in [-0.1, -0.05) is 23.7 Å². The molecular weight excluding hydrogens is 442 g/mol. The molecule has 4 rings (SSSR count). The van der Waals surface area contributed by atoms with Crippen LogP contribution in [0.4, 0.5) is 5.95 Å². The minimum Gasteiger partial charge on any atom is -0.394 e. The van der Waals surface area contributed by atoms with E-state index in [9.17, 15) is 9.90 Å². The number of likely N-dealkylation sites (N-methyl/N-ethyl adjacent to an activating group) is 1. The highest BCUT2D eigenvalue weighted by Gasteiger charge is 2.19. The minimum absolute atomic E-state index is 0.244. The number of piperazine rings is 1. The molecule has 1 fully saturated rings. The van der Waals surface area contributed by atoms with Crippen molar-refractivity contribution in [3.63, 3.8) is 0 Å². The van der Waals surface area contributed by atoms with Gasteiger partial charge in [0.2, 0.25) is 5.95 Å². The first-order valence-corrected chi connectivity index (χ1v) is 11.2. The second-order valence-electron chi connectivity index (χ2n) is 8.19. The number of carbonyl (C=O) groups excluding carboxylic acids is 1. The molecule has 3 heterocycles. The third kappa shape index (κ3) is 5.69. The lowest BCUT2D eigenvalue weighted by molar-refractivity contribution is 0.0911. The molecule has 9 nitrogen and oxygen atoms in total. The Hall–Kier alpha value is -2.98. The van der Waals surface area contributed by atoms with Crippen LogP contribution in [0, 0.1) is 6.92 Å². The van der Waals surface area contributed by atoms with E-state index in [1.807, 2.05) is 13.0 Å². The molecule has 1 saturated heterocycles. The zero-order chi connectivity index (χ0) is 23.4. The number of halogens is 1. The molecule has 0 unspecified atom stereocenters. The van der Waals surface area contributed by atoms with E-state index in [-0.39, 0.29) is 12.5 Å². The number of anilines is 1. The number of aryl methyl sites for hydroxylation is 1. The number of hydrogen-bond acceptors (Lipinski definition) is 7. The van der Waals surface area contributed by atoms with Gasteiger partial charge in [0, 0.05) is 49.2 Å². The number of aliphatic hydroxyl groups is 1. The summed E-state index contributed by atoms with van der Waals surface area (Å²) in [5.41, 5.74) is 6.81. The fraction of sp³-hybridized carbons (Fsp3) is 0.348. The minimum atomic E-state index is -0.567. The van der Waals surface area contributed by atoms with Crippen LogP contribution < -0.4 is 10.7 Å². The Morgan fingerprint density at radius 1 is 1.27 bits per heavy atom. The predicted octanol–water partition coefficient (Wildman–Crippen LogP) is 2.47. The van der Waals surface area contributed by atoms with Crippen molar-refractivity contribution in [3.8, 4) is 11.3 Å². The van der Waals surface area contributed by atoms with Crippen molar-refractivity contribution in [1.82, 2.24) is 30.2 Å². The summed E-state index contributed by atoms with van der Waals surface area (Å²) in [6.07, 6.45) is 3.52. The zero-order valence-corrected chi connectivity index (χ0v) is 19.4. The molecule has 0 saturated carbocycles. The molecule has 0 spiro atoms. The van der Waals surface area contributed by atoms with E-state index in [0.29, 0.717) is 16.7 Å². The Morgan fingerprint density at radius 3 is 2.79 bits per heavy atom. The van der Waals surface area contributed by atoms with Crippen molar-refractivity contribution >= 4 is 23.5 Å². The van der Waals surface area contributed by atoms with Crippen molar-refractivity contribution in [1.29, 1.82) is 0 Å². The molecule has 10 heteroatoms. The maximum atomic E-state index is 12.8. The SMILES string of the molecule is Cc1cnc(NN2CCN(C)CC2)nc1-c1c[nH]c(C(=O)N[C@H](CO)c2cccc(Cl)c2)c1. The van der Waals surface area contributed by atoms with Crippen molar-refractivity contribution < 1.29 is 9.90 Å². The normalized spacial score (nSPS) is 15.9. The number of amides is 1. The molecule has 2 aromatic heterocycles. The number of aliphatic hydroxyl groups excluding tert-OH is 1.